The lowest BCUT2D eigenvalue weighted by atomic mass is 10.1. The lowest BCUT2D eigenvalue weighted by molar-refractivity contribution is 0.415. The van der Waals surface area contributed by atoms with Crippen molar-refractivity contribution in [2.75, 3.05) is 7.11 Å². The molecule has 0 atom stereocenters. The number of methoxy groups -OCH3 is 1. The number of rotatable bonds is 6. The fourth-order valence-corrected chi connectivity index (χ4v) is 2.96. The molecule has 1 aromatic heterocycles. The second-order valence-electron chi connectivity index (χ2n) is 6.63. The van der Waals surface area contributed by atoms with Gasteiger partial charge in [0.15, 0.2) is 0 Å². The molecule has 1 heterocycles. The van der Waals surface area contributed by atoms with Gasteiger partial charge in [0.25, 0.3) is 0 Å². The van der Waals surface area contributed by atoms with Crippen molar-refractivity contribution < 1.29 is 18.3 Å². The van der Waals surface area contributed by atoms with Crippen LogP contribution in [0.1, 0.15) is 17.0 Å². The molecular weight excluding hydrogens is 369 g/mol. The van der Waals surface area contributed by atoms with Crippen molar-refractivity contribution in [2.45, 2.75) is 13.3 Å². The predicted octanol–water partition coefficient (Wildman–Crippen LogP) is 6.18. The van der Waals surface area contributed by atoms with E-state index in [4.69, 9.17) is 13.9 Å². The van der Waals surface area contributed by atoms with Crippen molar-refractivity contribution in [1.29, 1.82) is 0 Å². The summed E-state index contributed by atoms with van der Waals surface area (Å²) in [4.78, 5) is 4.65. The van der Waals surface area contributed by atoms with Crippen LogP contribution >= 0.6 is 0 Å². The summed E-state index contributed by atoms with van der Waals surface area (Å²) >= 11 is 0. The van der Waals surface area contributed by atoms with Crippen molar-refractivity contribution in [1.82, 2.24) is 4.98 Å². The predicted molar refractivity (Wildman–Crippen MR) is 109 cm³/mol. The highest BCUT2D eigenvalue weighted by atomic mass is 19.1. The summed E-state index contributed by atoms with van der Waals surface area (Å²) in [5.41, 5.74) is 2.89. The molecule has 0 aliphatic carbocycles. The molecule has 5 heteroatoms. The Kier molecular flexibility index (Phi) is 5.29. The summed E-state index contributed by atoms with van der Waals surface area (Å²) in [5, 5.41) is 0. The van der Waals surface area contributed by atoms with Crippen LogP contribution < -0.4 is 9.47 Å². The summed E-state index contributed by atoms with van der Waals surface area (Å²) in [6, 6.07) is 21.3. The highest BCUT2D eigenvalue weighted by Crippen LogP contribution is 2.26. The quantitative estimate of drug-likeness (QED) is 0.395. The fraction of sp³-hybridized carbons (Fsp3) is 0.125. The number of nitrogens with zero attached hydrogens (tertiary/aromatic N) is 1. The van der Waals surface area contributed by atoms with E-state index in [1.807, 2.05) is 55.5 Å². The van der Waals surface area contributed by atoms with Crippen molar-refractivity contribution in [3.63, 3.8) is 0 Å². The van der Waals surface area contributed by atoms with E-state index < -0.39 is 0 Å². The molecule has 29 heavy (non-hydrogen) atoms. The molecule has 0 aliphatic heterocycles. The number of benzene rings is 3. The van der Waals surface area contributed by atoms with Gasteiger partial charge in [-0.3, -0.25) is 0 Å². The summed E-state index contributed by atoms with van der Waals surface area (Å²) in [6.07, 6.45) is 0.655. The summed E-state index contributed by atoms with van der Waals surface area (Å²) < 4.78 is 29.8. The Morgan fingerprint density at radius 3 is 2.03 bits per heavy atom. The molecular formula is C24H20FNO3. The molecule has 0 saturated carbocycles. The molecule has 0 saturated heterocycles. The molecule has 3 aromatic carbocycles. The van der Waals surface area contributed by atoms with Gasteiger partial charge in [0.2, 0.25) is 5.89 Å². The van der Waals surface area contributed by atoms with Crippen LogP contribution in [0.4, 0.5) is 4.39 Å². The van der Waals surface area contributed by atoms with E-state index in [9.17, 15) is 4.39 Å². The molecule has 0 spiro atoms. The monoisotopic (exact) mass is 389 g/mol. The number of hydrogen-bond donors (Lipinski definition) is 0. The van der Waals surface area contributed by atoms with E-state index in [1.54, 1.807) is 19.2 Å². The molecule has 0 radical (unpaired) electrons. The average Bonchev–Trinajstić information content (AvgIpc) is 3.11. The first-order valence-corrected chi connectivity index (χ1v) is 9.24. The minimum absolute atomic E-state index is 0.287. The Bertz CT molecular complexity index is 1080. The topological polar surface area (TPSA) is 44.5 Å². The standard InChI is InChI=1S/C24H20FNO3/c1-16-23(26-24(28-16)18-5-11-20(27-2)12-6-18)15-17-3-9-21(10-4-17)29-22-13-7-19(25)8-14-22/h3-14H,15H2,1-2H3. The van der Waals surface area contributed by atoms with Gasteiger partial charge < -0.3 is 13.9 Å². The normalized spacial score (nSPS) is 10.7. The Hall–Kier alpha value is -3.60. The number of ether oxygens (including phenoxy) is 2. The molecule has 0 N–H and O–H groups in total. The third-order valence-electron chi connectivity index (χ3n) is 4.57. The van der Waals surface area contributed by atoms with E-state index in [-0.39, 0.29) is 5.82 Å². The molecule has 4 aromatic rings. The summed E-state index contributed by atoms with van der Waals surface area (Å²) in [7, 11) is 1.64. The zero-order valence-electron chi connectivity index (χ0n) is 16.2. The van der Waals surface area contributed by atoms with E-state index in [0.717, 1.165) is 28.3 Å². The van der Waals surface area contributed by atoms with E-state index in [1.165, 1.54) is 12.1 Å². The zero-order valence-corrected chi connectivity index (χ0v) is 16.2. The first kappa shape index (κ1) is 18.7. The van der Waals surface area contributed by atoms with Gasteiger partial charge in [-0.2, -0.15) is 0 Å². The number of halogens is 1. The van der Waals surface area contributed by atoms with Gasteiger partial charge in [-0.25, -0.2) is 9.37 Å². The Labute approximate surface area is 168 Å². The lowest BCUT2D eigenvalue weighted by Crippen LogP contribution is -1.92. The van der Waals surface area contributed by atoms with Crippen molar-refractivity contribution >= 4 is 0 Å². The zero-order chi connectivity index (χ0) is 20.2. The van der Waals surface area contributed by atoms with Crippen molar-refractivity contribution in [3.8, 4) is 28.7 Å². The fourth-order valence-electron chi connectivity index (χ4n) is 2.96. The van der Waals surface area contributed by atoms with Crippen LogP contribution in [0.5, 0.6) is 17.2 Å². The average molecular weight is 389 g/mol. The van der Waals surface area contributed by atoms with Crippen molar-refractivity contribution in [2.24, 2.45) is 0 Å². The van der Waals surface area contributed by atoms with Gasteiger partial charge in [-0.1, -0.05) is 12.1 Å². The maximum absolute atomic E-state index is 13.0. The van der Waals surface area contributed by atoms with Crippen molar-refractivity contribution in [3.05, 3.63) is 95.6 Å². The van der Waals surface area contributed by atoms with Crippen LogP contribution in [-0.4, -0.2) is 12.1 Å². The molecule has 4 nitrogen and oxygen atoms in total. The second kappa shape index (κ2) is 8.19. The highest BCUT2D eigenvalue weighted by molar-refractivity contribution is 5.55. The van der Waals surface area contributed by atoms with Crippen LogP contribution in [0.25, 0.3) is 11.5 Å². The Balaban J connectivity index is 1.46. The minimum Gasteiger partial charge on any atom is -0.497 e. The van der Waals surface area contributed by atoms with E-state index in [0.29, 0.717) is 23.8 Å². The van der Waals surface area contributed by atoms with Gasteiger partial charge in [0.05, 0.1) is 12.8 Å². The summed E-state index contributed by atoms with van der Waals surface area (Å²) in [5.74, 6) is 3.18. The minimum atomic E-state index is -0.287. The van der Waals surface area contributed by atoms with Gasteiger partial charge in [0.1, 0.15) is 28.8 Å². The SMILES string of the molecule is COc1ccc(-c2nc(Cc3ccc(Oc4ccc(F)cc4)cc3)c(C)o2)cc1. The van der Waals surface area contributed by atoms with Gasteiger partial charge in [0, 0.05) is 12.0 Å². The van der Waals surface area contributed by atoms with Crippen LogP contribution in [-0.2, 0) is 6.42 Å². The Morgan fingerprint density at radius 2 is 1.41 bits per heavy atom. The molecule has 0 aliphatic rings. The van der Waals surface area contributed by atoms with E-state index in [2.05, 4.69) is 4.98 Å². The van der Waals surface area contributed by atoms with Crippen LogP contribution in [0.15, 0.2) is 77.2 Å². The van der Waals surface area contributed by atoms with Crippen LogP contribution in [0.3, 0.4) is 0 Å². The van der Waals surface area contributed by atoms with E-state index >= 15 is 0 Å². The number of aryl methyl sites for hydroxylation is 1. The smallest absolute Gasteiger partial charge is 0.226 e. The van der Waals surface area contributed by atoms with Crippen LogP contribution in [0, 0.1) is 12.7 Å². The number of oxazole rings is 1. The van der Waals surface area contributed by atoms with Crippen LogP contribution in [0.2, 0.25) is 0 Å². The number of aromatic nitrogens is 1. The molecule has 4 rings (SSSR count). The highest BCUT2D eigenvalue weighted by Gasteiger charge is 2.12. The molecule has 0 unspecified atom stereocenters. The van der Waals surface area contributed by atoms with Gasteiger partial charge in [-0.15, -0.1) is 0 Å². The third kappa shape index (κ3) is 4.46. The molecule has 0 bridgehead atoms. The first-order valence-electron chi connectivity index (χ1n) is 9.24. The molecule has 0 amide bonds. The van der Waals surface area contributed by atoms with Gasteiger partial charge in [-0.05, 0) is 73.2 Å². The largest absolute Gasteiger partial charge is 0.497 e. The van der Waals surface area contributed by atoms with Gasteiger partial charge >= 0.3 is 0 Å². The Morgan fingerprint density at radius 1 is 0.828 bits per heavy atom. The molecule has 0 fully saturated rings. The molecule has 146 valence electrons. The summed E-state index contributed by atoms with van der Waals surface area (Å²) in [6.45, 7) is 1.92. The maximum Gasteiger partial charge on any atom is 0.226 e. The second-order valence-corrected chi connectivity index (χ2v) is 6.63. The maximum atomic E-state index is 13.0. The lowest BCUT2D eigenvalue weighted by Gasteiger charge is -2.06. The third-order valence-corrected chi connectivity index (χ3v) is 4.57. The number of hydrogen-bond acceptors (Lipinski definition) is 4. The first-order chi connectivity index (χ1) is 14.1.